The van der Waals surface area contributed by atoms with E-state index in [-0.39, 0.29) is 11.9 Å². The molecule has 1 aromatic carbocycles. The Morgan fingerprint density at radius 1 is 1.47 bits per heavy atom. The molecule has 0 bridgehead atoms. The predicted molar refractivity (Wildman–Crippen MR) is 69.1 cm³/mol. The fourth-order valence-corrected chi connectivity index (χ4v) is 1.67. The third-order valence-corrected chi connectivity index (χ3v) is 2.87. The molecule has 0 aliphatic carbocycles. The van der Waals surface area contributed by atoms with Gasteiger partial charge >= 0.3 is 0 Å². The lowest BCUT2D eigenvalue weighted by molar-refractivity contribution is 0.321. The third-order valence-electron chi connectivity index (χ3n) is 2.87. The van der Waals surface area contributed by atoms with Gasteiger partial charge in [-0.05, 0) is 38.9 Å². The quantitative estimate of drug-likeness (QED) is 0.829. The fourth-order valence-electron chi connectivity index (χ4n) is 1.67. The lowest BCUT2D eigenvalue weighted by Crippen LogP contribution is -2.30. The fraction of sp³-hybridized carbons (Fsp3) is 0.538. The molecule has 3 nitrogen and oxygen atoms in total. The van der Waals surface area contributed by atoms with Gasteiger partial charge in [0.25, 0.3) is 0 Å². The summed E-state index contributed by atoms with van der Waals surface area (Å²) in [6.07, 6.45) is 0.880. The molecule has 1 aromatic rings. The molecule has 0 aromatic heterocycles. The SMILES string of the molecule is CCOc1ccc(N(C)C(C)CCN)cc1F. The van der Waals surface area contributed by atoms with Gasteiger partial charge < -0.3 is 15.4 Å². The molecular formula is C13H21FN2O. The second-order valence-electron chi connectivity index (χ2n) is 4.09. The summed E-state index contributed by atoms with van der Waals surface area (Å²) in [5, 5.41) is 0. The van der Waals surface area contributed by atoms with Crippen LogP contribution < -0.4 is 15.4 Å². The van der Waals surface area contributed by atoms with E-state index in [1.54, 1.807) is 6.07 Å². The van der Waals surface area contributed by atoms with E-state index in [0.29, 0.717) is 18.9 Å². The molecule has 0 aliphatic heterocycles. The summed E-state index contributed by atoms with van der Waals surface area (Å²) in [6.45, 7) is 5.00. The normalized spacial score (nSPS) is 12.3. The maximum absolute atomic E-state index is 13.7. The minimum Gasteiger partial charge on any atom is -0.491 e. The van der Waals surface area contributed by atoms with Crippen molar-refractivity contribution in [3.63, 3.8) is 0 Å². The lowest BCUT2D eigenvalue weighted by atomic mass is 10.2. The zero-order valence-electron chi connectivity index (χ0n) is 10.7. The topological polar surface area (TPSA) is 38.5 Å². The highest BCUT2D eigenvalue weighted by Gasteiger charge is 2.11. The first kappa shape index (κ1) is 13.8. The van der Waals surface area contributed by atoms with Gasteiger partial charge in [-0.25, -0.2) is 4.39 Å². The van der Waals surface area contributed by atoms with E-state index in [4.69, 9.17) is 10.5 Å². The van der Waals surface area contributed by atoms with Crippen molar-refractivity contribution in [2.24, 2.45) is 5.73 Å². The number of hydrogen-bond donors (Lipinski definition) is 1. The van der Waals surface area contributed by atoms with Crippen molar-refractivity contribution in [1.82, 2.24) is 0 Å². The summed E-state index contributed by atoms with van der Waals surface area (Å²) < 4.78 is 18.8. The Morgan fingerprint density at radius 2 is 2.18 bits per heavy atom. The highest BCUT2D eigenvalue weighted by molar-refractivity contribution is 5.49. The van der Waals surface area contributed by atoms with E-state index in [2.05, 4.69) is 6.92 Å². The average molecular weight is 240 g/mol. The van der Waals surface area contributed by atoms with Crippen LogP contribution in [0.5, 0.6) is 5.75 Å². The number of halogens is 1. The van der Waals surface area contributed by atoms with Crippen molar-refractivity contribution in [3.8, 4) is 5.75 Å². The molecule has 4 heteroatoms. The highest BCUT2D eigenvalue weighted by Crippen LogP contribution is 2.24. The van der Waals surface area contributed by atoms with Crippen molar-refractivity contribution in [2.45, 2.75) is 26.3 Å². The number of nitrogens with two attached hydrogens (primary N) is 1. The summed E-state index contributed by atoms with van der Waals surface area (Å²) in [7, 11) is 1.94. The zero-order chi connectivity index (χ0) is 12.8. The Balaban J connectivity index is 2.81. The largest absolute Gasteiger partial charge is 0.491 e. The van der Waals surface area contributed by atoms with Gasteiger partial charge in [0.1, 0.15) is 0 Å². The van der Waals surface area contributed by atoms with Gasteiger partial charge in [0.15, 0.2) is 11.6 Å². The molecule has 0 saturated heterocycles. The molecule has 0 spiro atoms. The molecule has 17 heavy (non-hydrogen) atoms. The number of rotatable bonds is 6. The second kappa shape index (κ2) is 6.45. The first-order valence-corrected chi connectivity index (χ1v) is 5.95. The minimum atomic E-state index is -0.323. The van der Waals surface area contributed by atoms with Crippen LogP contribution in [0, 0.1) is 5.82 Å². The maximum Gasteiger partial charge on any atom is 0.167 e. The van der Waals surface area contributed by atoms with Crippen LogP contribution in [-0.2, 0) is 0 Å². The highest BCUT2D eigenvalue weighted by atomic mass is 19.1. The number of ether oxygens (including phenoxy) is 1. The molecule has 0 radical (unpaired) electrons. The van der Waals surface area contributed by atoms with Crippen LogP contribution >= 0.6 is 0 Å². The van der Waals surface area contributed by atoms with E-state index in [0.717, 1.165) is 12.1 Å². The summed E-state index contributed by atoms with van der Waals surface area (Å²) >= 11 is 0. The van der Waals surface area contributed by atoms with Crippen molar-refractivity contribution in [1.29, 1.82) is 0 Å². The van der Waals surface area contributed by atoms with Gasteiger partial charge in [0.05, 0.1) is 6.61 Å². The van der Waals surface area contributed by atoms with Crippen LogP contribution in [0.1, 0.15) is 20.3 Å². The monoisotopic (exact) mass is 240 g/mol. The van der Waals surface area contributed by atoms with E-state index in [1.165, 1.54) is 6.07 Å². The maximum atomic E-state index is 13.7. The van der Waals surface area contributed by atoms with Gasteiger partial charge in [0, 0.05) is 24.8 Å². The summed E-state index contributed by atoms with van der Waals surface area (Å²) in [5.41, 5.74) is 6.36. The predicted octanol–water partition coefficient (Wildman–Crippen LogP) is 2.40. The Kier molecular flexibility index (Phi) is 5.22. The molecule has 2 N–H and O–H groups in total. The molecule has 96 valence electrons. The Hall–Kier alpha value is -1.29. The number of anilines is 1. The summed E-state index contributed by atoms with van der Waals surface area (Å²) in [4.78, 5) is 2.02. The standard InChI is InChI=1S/C13H21FN2O/c1-4-17-13-6-5-11(9-12(13)14)16(3)10(2)7-8-15/h5-6,9-10H,4,7-8,15H2,1-3H3. The average Bonchev–Trinajstić information content (AvgIpc) is 2.31. The Labute approximate surface area is 102 Å². The summed E-state index contributed by atoms with van der Waals surface area (Å²) in [5.74, 6) is -0.0210. The van der Waals surface area contributed by atoms with Crippen molar-refractivity contribution >= 4 is 5.69 Å². The zero-order valence-corrected chi connectivity index (χ0v) is 10.7. The van der Waals surface area contributed by atoms with Gasteiger partial charge in [-0.1, -0.05) is 0 Å². The van der Waals surface area contributed by atoms with Gasteiger partial charge in [-0.2, -0.15) is 0 Å². The molecule has 0 amide bonds. The van der Waals surface area contributed by atoms with Crippen LogP contribution in [0.25, 0.3) is 0 Å². The van der Waals surface area contributed by atoms with E-state index in [9.17, 15) is 4.39 Å². The summed E-state index contributed by atoms with van der Waals surface area (Å²) in [6, 6.07) is 5.32. The van der Waals surface area contributed by atoms with Crippen LogP contribution in [0.4, 0.5) is 10.1 Å². The molecular weight excluding hydrogens is 219 g/mol. The van der Waals surface area contributed by atoms with E-state index < -0.39 is 0 Å². The molecule has 0 heterocycles. The van der Waals surface area contributed by atoms with Crippen LogP contribution in [0.3, 0.4) is 0 Å². The third kappa shape index (κ3) is 3.60. The van der Waals surface area contributed by atoms with E-state index >= 15 is 0 Å². The first-order chi connectivity index (χ1) is 8.10. The second-order valence-corrected chi connectivity index (χ2v) is 4.09. The van der Waals surface area contributed by atoms with Crippen LogP contribution in [0.15, 0.2) is 18.2 Å². The smallest absolute Gasteiger partial charge is 0.167 e. The Bertz CT molecular complexity index is 357. The lowest BCUT2D eigenvalue weighted by Gasteiger charge is -2.27. The van der Waals surface area contributed by atoms with Crippen LogP contribution in [-0.4, -0.2) is 26.2 Å². The van der Waals surface area contributed by atoms with E-state index in [1.807, 2.05) is 24.9 Å². The molecule has 0 aliphatic rings. The number of nitrogens with zero attached hydrogens (tertiary/aromatic N) is 1. The van der Waals surface area contributed by atoms with Gasteiger partial charge in [-0.3, -0.25) is 0 Å². The first-order valence-electron chi connectivity index (χ1n) is 5.95. The molecule has 1 atom stereocenters. The molecule has 0 fully saturated rings. The number of hydrogen-bond acceptors (Lipinski definition) is 3. The van der Waals surface area contributed by atoms with Crippen molar-refractivity contribution < 1.29 is 9.13 Å². The molecule has 1 rings (SSSR count). The number of benzene rings is 1. The molecule has 1 unspecified atom stereocenters. The Morgan fingerprint density at radius 3 is 2.71 bits per heavy atom. The van der Waals surface area contributed by atoms with Gasteiger partial charge in [0.2, 0.25) is 0 Å². The van der Waals surface area contributed by atoms with Gasteiger partial charge in [-0.15, -0.1) is 0 Å². The van der Waals surface area contributed by atoms with Crippen LogP contribution in [0.2, 0.25) is 0 Å². The van der Waals surface area contributed by atoms with Crippen molar-refractivity contribution in [2.75, 3.05) is 25.1 Å². The minimum absolute atomic E-state index is 0.289. The molecule has 0 saturated carbocycles. The van der Waals surface area contributed by atoms with Crippen molar-refractivity contribution in [3.05, 3.63) is 24.0 Å².